The fraction of sp³-hybridized carbons (Fsp3) is 0.381. The van der Waals surface area contributed by atoms with Gasteiger partial charge in [0, 0.05) is 31.3 Å². The van der Waals surface area contributed by atoms with Gasteiger partial charge in [0.05, 0.1) is 19.1 Å². The number of carbonyl (C=O) groups excluding carboxylic acids is 1. The van der Waals surface area contributed by atoms with Gasteiger partial charge in [0.25, 0.3) is 11.6 Å². The van der Waals surface area contributed by atoms with Crippen LogP contribution >= 0.6 is 0 Å². The largest absolute Gasteiger partial charge is 0.493 e. The number of nitro benzene ring substituents is 1. The van der Waals surface area contributed by atoms with E-state index < -0.39 is 4.92 Å². The average Bonchev–Trinajstić information content (AvgIpc) is 2.70. The molecule has 0 radical (unpaired) electrons. The number of nitro groups is 1. The van der Waals surface area contributed by atoms with Crippen LogP contribution in [-0.2, 0) is 6.42 Å². The lowest BCUT2D eigenvalue weighted by Crippen LogP contribution is -2.30. The maximum atomic E-state index is 12.2. The van der Waals surface area contributed by atoms with E-state index in [1.54, 1.807) is 38.3 Å². The Morgan fingerprint density at radius 3 is 2.41 bits per heavy atom. The molecule has 8 nitrogen and oxygen atoms in total. The Hall–Kier alpha value is -3.29. The molecule has 2 aromatic carbocycles. The second kappa shape index (κ2) is 9.77. The van der Waals surface area contributed by atoms with Gasteiger partial charge >= 0.3 is 0 Å². The van der Waals surface area contributed by atoms with E-state index in [9.17, 15) is 14.9 Å². The van der Waals surface area contributed by atoms with Crippen LogP contribution in [0.1, 0.15) is 29.8 Å². The van der Waals surface area contributed by atoms with Crippen LogP contribution in [-0.4, -0.2) is 44.7 Å². The second-order valence-corrected chi connectivity index (χ2v) is 6.95. The number of rotatable bonds is 9. The van der Waals surface area contributed by atoms with Crippen molar-refractivity contribution < 1.29 is 19.2 Å². The molecule has 0 unspecified atom stereocenters. The molecule has 156 valence electrons. The number of nitrogens with zero attached hydrogens (tertiary/aromatic N) is 2. The molecular formula is C21H27N3O5. The molecule has 0 saturated heterocycles. The van der Waals surface area contributed by atoms with Crippen molar-refractivity contribution in [2.45, 2.75) is 26.3 Å². The van der Waals surface area contributed by atoms with Gasteiger partial charge in [-0.15, -0.1) is 0 Å². The van der Waals surface area contributed by atoms with E-state index in [1.807, 2.05) is 32.0 Å². The Morgan fingerprint density at radius 1 is 1.14 bits per heavy atom. The van der Waals surface area contributed by atoms with Gasteiger partial charge in [0.1, 0.15) is 5.69 Å². The summed E-state index contributed by atoms with van der Waals surface area (Å²) < 4.78 is 10.6. The van der Waals surface area contributed by atoms with E-state index in [1.165, 1.54) is 6.07 Å². The summed E-state index contributed by atoms with van der Waals surface area (Å²) in [7, 11) is 4.95. The third kappa shape index (κ3) is 5.60. The summed E-state index contributed by atoms with van der Waals surface area (Å²) in [6, 6.07) is 10.1. The zero-order valence-corrected chi connectivity index (χ0v) is 17.4. The highest BCUT2D eigenvalue weighted by molar-refractivity contribution is 5.95. The molecule has 2 rings (SSSR count). The van der Waals surface area contributed by atoms with Crippen LogP contribution in [0.5, 0.6) is 11.5 Å². The first-order chi connectivity index (χ1) is 13.8. The van der Waals surface area contributed by atoms with E-state index in [0.29, 0.717) is 30.2 Å². The monoisotopic (exact) mass is 401 g/mol. The lowest BCUT2D eigenvalue weighted by molar-refractivity contribution is -0.384. The molecule has 2 aromatic rings. The van der Waals surface area contributed by atoms with Crippen LogP contribution in [0.3, 0.4) is 0 Å². The zero-order chi connectivity index (χ0) is 21.6. The average molecular weight is 401 g/mol. The van der Waals surface area contributed by atoms with Crippen molar-refractivity contribution in [2.24, 2.45) is 0 Å². The van der Waals surface area contributed by atoms with Crippen molar-refractivity contribution >= 4 is 17.3 Å². The molecule has 0 saturated carbocycles. The molecule has 0 fully saturated rings. The van der Waals surface area contributed by atoms with Crippen molar-refractivity contribution in [1.82, 2.24) is 5.32 Å². The smallest absolute Gasteiger partial charge is 0.293 e. The third-order valence-electron chi connectivity index (χ3n) is 4.45. The Morgan fingerprint density at radius 2 is 1.83 bits per heavy atom. The topological polar surface area (TPSA) is 93.9 Å². The molecule has 1 amide bonds. The first-order valence-electron chi connectivity index (χ1n) is 9.28. The molecule has 1 N–H and O–H groups in total. The van der Waals surface area contributed by atoms with E-state index in [0.717, 1.165) is 5.56 Å². The van der Waals surface area contributed by atoms with E-state index in [-0.39, 0.29) is 23.2 Å². The van der Waals surface area contributed by atoms with Crippen molar-refractivity contribution in [2.75, 3.05) is 32.7 Å². The van der Waals surface area contributed by atoms with Crippen LogP contribution in [0.25, 0.3) is 0 Å². The Labute approximate surface area is 170 Å². The number of amides is 1. The second-order valence-electron chi connectivity index (χ2n) is 6.95. The molecule has 0 spiro atoms. The summed E-state index contributed by atoms with van der Waals surface area (Å²) in [6.45, 7) is 4.22. The summed E-state index contributed by atoms with van der Waals surface area (Å²) in [6.07, 6.45) is 0.656. The normalized spacial score (nSPS) is 10.6. The number of carbonyl (C=O) groups is 1. The third-order valence-corrected chi connectivity index (χ3v) is 4.45. The maximum Gasteiger partial charge on any atom is 0.293 e. The SMILES string of the molecule is COc1ccc(CCN(C)c2ccc(C(=O)NC(C)C)cc2[N+](=O)[O-])cc1OC. The van der Waals surface area contributed by atoms with Crippen molar-refractivity contribution in [3.05, 3.63) is 57.6 Å². The molecule has 0 aliphatic rings. The fourth-order valence-corrected chi connectivity index (χ4v) is 2.93. The lowest BCUT2D eigenvalue weighted by atomic mass is 10.1. The minimum Gasteiger partial charge on any atom is -0.493 e. The maximum absolute atomic E-state index is 12.2. The van der Waals surface area contributed by atoms with E-state index >= 15 is 0 Å². The van der Waals surface area contributed by atoms with Gasteiger partial charge in [-0.3, -0.25) is 14.9 Å². The Balaban J connectivity index is 2.18. The van der Waals surface area contributed by atoms with Gasteiger partial charge in [-0.2, -0.15) is 0 Å². The Kier molecular flexibility index (Phi) is 7.41. The lowest BCUT2D eigenvalue weighted by Gasteiger charge is -2.20. The molecule has 0 bridgehead atoms. The predicted octanol–water partition coefficient (Wildman–Crippen LogP) is 3.43. The molecule has 0 aromatic heterocycles. The summed E-state index contributed by atoms with van der Waals surface area (Å²) >= 11 is 0. The van der Waals surface area contributed by atoms with Gasteiger partial charge in [0.15, 0.2) is 11.5 Å². The number of likely N-dealkylation sites (N-methyl/N-ethyl adjacent to an activating group) is 1. The number of anilines is 1. The van der Waals surface area contributed by atoms with Gasteiger partial charge in [-0.25, -0.2) is 0 Å². The summed E-state index contributed by atoms with van der Waals surface area (Å²) in [5, 5.41) is 14.3. The summed E-state index contributed by atoms with van der Waals surface area (Å²) in [5.74, 6) is 0.956. The molecule has 0 aliphatic carbocycles. The molecule has 0 atom stereocenters. The summed E-state index contributed by atoms with van der Waals surface area (Å²) in [5.41, 5.74) is 1.64. The van der Waals surface area contributed by atoms with Crippen molar-refractivity contribution in [3.63, 3.8) is 0 Å². The standard InChI is InChI=1S/C21H27N3O5/c1-14(2)22-21(25)16-7-8-17(18(13-16)24(26)27)23(3)11-10-15-6-9-19(28-4)20(12-15)29-5/h6-9,12-14H,10-11H2,1-5H3,(H,22,25). The highest BCUT2D eigenvalue weighted by Crippen LogP contribution is 2.30. The van der Waals surface area contributed by atoms with Crippen molar-refractivity contribution in [3.8, 4) is 11.5 Å². The van der Waals surface area contributed by atoms with Crippen LogP contribution in [0, 0.1) is 10.1 Å². The number of benzene rings is 2. The van der Waals surface area contributed by atoms with Gasteiger partial charge in [0.2, 0.25) is 0 Å². The number of hydrogen-bond acceptors (Lipinski definition) is 6. The predicted molar refractivity (Wildman–Crippen MR) is 112 cm³/mol. The van der Waals surface area contributed by atoms with Crippen LogP contribution in [0.15, 0.2) is 36.4 Å². The highest BCUT2D eigenvalue weighted by atomic mass is 16.6. The van der Waals surface area contributed by atoms with Gasteiger partial charge in [-0.1, -0.05) is 6.07 Å². The number of hydrogen-bond donors (Lipinski definition) is 1. The number of nitrogens with one attached hydrogen (secondary N) is 1. The molecule has 29 heavy (non-hydrogen) atoms. The molecule has 8 heteroatoms. The minimum atomic E-state index is -0.464. The van der Waals surface area contributed by atoms with Crippen LogP contribution in [0.2, 0.25) is 0 Å². The fourth-order valence-electron chi connectivity index (χ4n) is 2.93. The van der Waals surface area contributed by atoms with E-state index in [4.69, 9.17) is 9.47 Å². The van der Waals surface area contributed by atoms with Gasteiger partial charge in [-0.05, 0) is 50.1 Å². The number of methoxy groups -OCH3 is 2. The first-order valence-corrected chi connectivity index (χ1v) is 9.28. The molecular weight excluding hydrogens is 374 g/mol. The first kappa shape index (κ1) is 22.0. The van der Waals surface area contributed by atoms with Crippen molar-refractivity contribution in [1.29, 1.82) is 0 Å². The quantitative estimate of drug-likeness (QED) is 0.511. The highest BCUT2D eigenvalue weighted by Gasteiger charge is 2.20. The molecule has 0 heterocycles. The summed E-state index contributed by atoms with van der Waals surface area (Å²) in [4.78, 5) is 25.1. The van der Waals surface area contributed by atoms with E-state index in [2.05, 4.69) is 5.32 Å². The van der Waals surface area contributed by atoms with Crippen LogP contribution < -0.4 is 19.7 Å². The number of ether oxygens (including phenoxy) is 2. The zero-order valence-electron chi connectivity index (χ0n) is 17.4. The Bertz CT molecular complexity index is 883. The minimum absolute atomic E-state index is 0.0506. The molecule has 0 aliphatic heterocycles. The van der Waals surface area contributed by atoms with Gasteiger partial charge < -0.3 is 19.7 Å². The van der Waals surface area contributed by atoms with Crippen LogP contribution in [0.4, 0.5) is 11.4 Å².